The van der Waals surface area contributed by atoms with Crippen LogP contribution in [0, 0.1) is 6.92 Å². The summed E-state index contributed by atoms with van der Waals surface area (Å²) in [5.74, 6) is 0. The van der Waals surface area contributed by atoms with Crippen molar-refractivity contribution in [3.63, 3.8) is 0 Å². The van der Waals surface area contributed by atoms with E-state index in [1.54, 1.807) is 6.33 Å². The van der Waals surface area contributed by atoms with Crippen molar-refractivity contribution < 1.29 is 0 Å². The van der Waals surface area contributed by atoms with Crippen LogP contribution in [-0.4, -0.2) is 9.97 Å². The van der Waals surface area contributed by atoms with Crippen molar-refractivity contribution in [2.75, 3.05) is 0 Å². The van der Waals surface area contributed by atoms with E-state index in [1.807, 2.05) is 12.4 Å². The number of hydrogen-bond acceptors (Lipinski definition) is 2. The largest absolute Gasteiger partial charge is 0.244 e. The summed E-state index contributed by atoms with van der Waals surface area (Å²) in [5.41, 5.74) is 9.19. The van der Waals surface area contributed by atoms with E-state index in [0.717, 1.165) is 5.56 Å². The predicted octanol–water partition coefficient (Wildman–Crippen LogP) is 4.76. The van der Waals surface area contributed by atoms with E-state index < -0.39 is 0 Å². The molecule has 1 heterocycles. The Balaban J connectivity index is 1.97. The molecule has 0 spiro atoms. The summed E-state index contributed by atoms with van der Waals surface area (Å²) in [6, 6.07) is 13.3. The van der Waals surface area contributed by atoms with Gasteiger partial charge in [0.05, 0.1) is 0 Å². The van der Waals surface area contributed by atoms with Crippen molar-refractivity contribution in [1.29, 1.82) is 0 Å². The summed E-state index contributed by atoms with van der Waals surface area (Å²) in [5, 5.41) is 0. The minimum absolute atomic E-state index is 0.0301. The molecule has 0 fully saturated rings. The van der Waals surface area contributed by atoms with Gasteiger partial charge in [-0.05, 0) is 46.4 Å². The highest BCUT2D eigenvalue weighted by Gasteiger charge is 2.36. The van der Waals surface area contributed by atoms with Crippen LogP contribution in [0.1, 0.15) is 30.5 Å². The van der Waals surface area contributed by atoms with Crippen molar-refractivity contribution in [2.24, 2.45) is 0 Å². The number of benzene rings is 2. The van der Waals surface area contributed by atoms with Gasteiger partial charge in [0.1, 0.15) is 6.33 Å². The maximum Gasteiger partial charge on any atom is 0.115 e. The summed E-state index contributed by atoms with van der Waals surface area (Å²) in [4.78, 5) is 8.27. The zero-order valence-electron chi connectivity index (χ0n) is 13.1. The molecule has 0 aliphatic heterocycles. The fraction of sp³-hybridized carbons (Fsp3) is 0.200. The van der Waals surface area contributed by atoms with Gasteiger partial charge in [-0.2, -0.15) is 0 Å². The summed E-state index contributed by atoms with van der Waals surface area (Å²) in [6.45, 7) is 6.81. The van der Waals surface area contributed by atoms with Crippen LogP contribution < -0.4 is 0 Å². The van der Waals surface area contributed by atoms with Crippen molar-refractivity contribution in [3.8, 4) is 22.3 Å². The van der Waals surface area contributed by atoms with Gasteiger partial charge in [0.15, 0.2) is 0 Å². The molecule has 0 saturated carbocycles. The topological polar surface area (TPSA) is 25.8 Å². The second-order valence-electron chi connectivity index (χ2n) is 6.51. The lowest BCUT2D eigenvalue weighted by Gasteiger charge is -2.22. The van der Waals surface area contributed by atoms with Gasteiger partial charge in [0, 0.05) is 23.4 Å². The van der Waals surface area contributed by atoms with Crippen molar-refractivity contribution in [3.05, 3.63) is 71.8 Å². The van der Waals surface area contributed by atoms with E-state index in [0.29, 0.717) is 0 Å². The normalized spacial score (nSPS) is 14.5. The first-order valence-corrected chi connectivity index (χ1v) is 7.59. The fourth-order valence-electron chi connectivity index (χ4n) is 3.60. The molecule has 22 heavy (non-hydrogen) atoms. The van der Waals surface area contributed by atoms with Crippen LogP contribution in [0.3, 0.4) is 0 Å². The summed E-state index contributed by atoms with van der Waals surface area (Å²) in [6.07, 6.45) is 5.31. The molecule has 0 amide bonds. The lowest BCUT2D eigenvalue weighted by atomic mass is 9.81. The molecule has 0 atom stereocenters. The SMILES string of the molecule is Cc1cccc2c1-c1ccc(-c3cncnc3)cc1C2(C)C. The van der Waals surface area contributed by atoms with E-state index in [9.17, 15) is 0 Å². The van der Waals surface area contributed by atoms with Crippen LogP contribution in [0.4, 0.5) is 0 Å². The Morgan fingerprint density at radius 2 is 1.64 bits per heavy atom. The lowest BCUT2D eigenvalue weighted by molar-refractivity contribution is 0.660. The standard InChI is InChI=1S/C20H18N2/c1-13-5-4-6-17-19(13)16-8-7-14(9-18(16)20(17,2)3)15-10-21-12-22-11-15/h4-12H,1-3H3. The Labute approximate surface area is 130 Å². The molecule has 0 saturated heterocycles. The Hall–Kier alpha value is -2.48. The van der Waals surface area contributed by atoms with Crippen molar-refractivity contribution >= 4 is 0 Å². The third kappa shape index (κ3) is 1.73. The molecule has 1 aliphatic carbocycles. The average molecular weight is 286 g/mol. The number of hydrogen-bond donors (Lipinski definition) is 0. The zero-order chi connectivity index (χ0) is 15.3. The second-order valence-corrected chi connectivity index (χ2v) is 6.51. The minimum atomic E-state index is 0.0301. The highest BCUT2D eigenvalue weighted by molar-refractivity contribution is 5.85. The molecule has 0 radical (unpaired) electrons. The molecule has 1 aliphatic rings. The van der Waals surface area contributed by atoms with Crippen molar-refractivity contribution in [1.82, 2.24) is 9.97 Å². The van der Waals surface area contributed by atoms with Crippen LogP contribution in [0.15, 0.2) is 55.1 Å². The predicted molar refractivity (Wildman–Crippen MR) is 89.8 cm³/mol. The summed E-state index contributed by atoms with van der Waals surface area (Å²) < 4.78 is 0. The van der Waals surface area contributed by atoms with Crippen LogP contribution in [-0.2, 0) is 5.41 Å². The van der Waals surface area contributed by atoms with Gasteiger partial charge in [-0.3, -0.25) is 0 Å². The van der Waals surface area contributed by atoms with Gasteiger partial charge >= 0.3 is 0 Å². The van der Waals surface area contributed by atoms with E-state index in [2.05, 4.69) is 67.1 Å². The molecule has 1 aromatic heterocycles. The minimum Gasteiger partial charge on any atom is -0.244 e. The first kappa shape index (κ1) is 13.2. The Bertz CT molecular complexity index is 864. The number of aryl methyl sites for hydroxylation is 1. The Morgan fingerprint density at radius 3 is 2.41 bits per heavy atom. The summed E-state index contributed by atoms with van der Waals surface area (Å²) in [7, 11) is 0. The van der Waals surface area contributed by atoms with Gasteiger partial charge in [-0.25, -0.2) is 9.97 Å². The van der Waals surface area contributed by atoms with Gasteiger partial charge in [-0.1, -0.05) is 44.2 Å². The Morgan fingerprint density at radius 1 is 0.864 bits per heavy atom. The molecule has 0 bridgehead atoms. The van der Waals surface area contributed by atoms with Gasteiger partial charge in [0.25, 0.3) is 0 Å². The molecular formula is C20H18N2. The van der Waals surface area contributed by atoms with Gasteiger partial charge < -0.3 is 0 Å². The summed E-state index contributed by atoms with van der Waals surface area (Å²) >= 11 is 0. The van der Waals surface area contributed by atoms with Gasteiger partial charge in [0.2, 0.25) is 0 Å². The first-order valence-electron chi connectivity index (χ1n) is 7.59. The number of nitrogens with zero attached hydrogens (tertiary/aromatic N) is 2. The number of fused-ring (bicyclic) bond motifs is 3. The van der Waals surface area contributed by atoms with Crippen molar-refractivity contribution in [2.45, 2.75) is 26.2 Å². The molecule has 2 aromatic carbocycles. The van der Waals surface area contributed by atoms with Crippen LogP contribution in [0.5, 0.6) is 0 Å². The van der Waals surface area contributed by atoms with Crippen LogP contribution in [0.2, 0.25) is 0 Å². The molecule has 108 valence electrons. The van der Waals surface area contributed by atoms with Crippen LogP contribution in [0.25, 0.3) is 22.3 Å². The van der Waals surface area contributed by atoms with Crippen LogP contribution >= 0.6 is 0 Å². The molecule has 2 nitrogen and oxygen atoms in total. The maximum absolute atomic E-state index is 4.13. The Kier molecular flexibility index (Phi) is 2.70. The highest BCUT2D eigenvalue weighted by atomic mass is 14.8. The van der Waals surface area contributed by atoms with E-state index in [4.69, 9.17) is 0 Å². The van der Waals surface area contributed by atoms with E-state index in [1.165, 1.54) is 33.4 Å². The maximum atomic E-state index is 4.13. The molecular weight excluding hydrogens is 268 g/mol. The lowest BCUT2D eigenvalue weighted by Crippen LogP contribution is -2.15. The third-order valence-electron chi connectivity index (χ3n) is 4.80. The smallest absolute Gasteiger partial charge is 0.115 e. The molecule has 4 rings (SSSR count). The number of aromatic nitrogens is 2. The van der Waals surface area contributed by atoms with E-state index in [-0.39, 0.29) is 5.41 Å². The highest BCUT2D eigenvalue weighted by Crippen LogP contribution is 2.50. The van der Waals surface area contributed by atoms with E-state index >= 15 is 0 Å². The zero-order valence-corrected chi connectivity index (χ0v) is 13.1. The average Bonchev–Trinajstić information content (AvgIpc) is 2.77. The third-order valence-corrected chi connectivity index (χ3v) is 4.80. The van der Waals surface area contributed by atoms with Gasteiger partial charge in [-0.15, -0.1) is 0 Å². The first-order chi connectivity index (χ1) is 10.6. The quantitative estimate of drug-likeness (QED) is 0.644. The molecule has 3 aromatic rings. The molecule has 0 unspecified atom stereocenters. The monoisotopic (exact) mass is 286 g/mol. The molecule has 2 heteroatoms. The second kappa shape index (κ2) is 4.51. The fourth-order valence-corrected chi connectivity index (χ4v) is 3.60. The molecule has 0 N–H and O–H groups in total. The number of rotatable bonds is 1.